The van der Waals surface area contributed by atoms with Crippen LogP contribution in [-0.4, -0.2) is 23.3 Å². The maximum absolute atomic E-state index is 6.63. The van der Waals surface area contributed by atoms with Crippen LogP contribution in [0, 0.1) is 18.5 Å². The summed E-state index contributed by atoms with van der Waals surface area (Å²) >= 11 is 0. The van der Waals surface area contributed by atoms with Crippen LogP contribution < -0.4 is 9.30 Å². The van der Waals surface area contributed by atoms with E-state index in [9.17, 15) is 0 Å². The fourth-order valence-electron chi connectivity index (χ4n) is 8.87. The van der Waals surface area contributed by atoms with E-state index in [1.807, 2.05) is 82.3 Å². The first-order chi connectivity index (χ1) is 28.7. The summed E-state index contributed by atoms with van der Waals surface area (Å²) in [7, 11) is 2.18. The molecule has 0 spiro atoms. The normalized spacial score (nSPS) is 11.7. The minimum Gasteiger partial charge on any atom is -0.510 e. The maximum Gasteiger partial charge on any atom is 0.267 e. The molecule has 0 bridgehead atoms. The molecule has 5 heterocycles. The molecule has 7 nitrogen and oxygen atoms in total. The Morgan fingerprint density at radius 2 is 1.20 bits per heavy atom. The van der Waals surface area contributed by atoms with Gasteiger partial charge in [0.15, 0.2) is 0 Å². The monoisotopic (exact) mass is 939 g/mol. The van der Waals surface area contributed by atoms with Gasteiger partial charge in [0, 0.05) is 96.5 Å². The van der Waals surface area contributed by atoms with Crippen LogP contribution in [0.15, 0.2) is 176 Å². The quantitative estimate of drug-likeness (QED) is 0.123. The van der Waals surface area contributed by atoms with E-state index < -0.39 is 0 Å². The number of nitrogens with zero attached hydrogens (tertiary/aromatic N) is 6. The Labute approximate surface area is 353 Å². The molecule has 59 heavy (non-hydrogen) atoms. The van der Waals surface area contributed by atoms with Crippen molar-refractivity contribution in [2.45, 2.75) is 0 Å². The molecule has 0 saturated heterocycles. The SMILES string of the molecule is Cn1c2ccccc2c2c3c4ccccc4n(-c4ccccc4)c3c3c(c4ccc(Oc5[c-]c(-[n+]6[c-]n(-c7ccccc7)cc6)ccc5)[c-]c4n3-c3ccccn3)c21.[Pt]. The first kappa shape index (κ1) is 35.0. The Hall–Kier alpha value is -7.21. The van der Waals surface area contributed by atoms with E-state index in [0.717, 1.165) is 61.2 Å². The number of rotatable bonds is 6. The third-order valence-electron chi connectivity index (χ3n) is 11.3. The van der Waals surface area contributed by atoms with Crippen LogP contribution in [0.3, 0.4) is 0 Å². The molecule has 8 heteroatoms. The van der Waals surface area contributed by atoms with Gasteiger partial charge in [-0.15, -0.1) is 24.3 Å². The zero-order valence-electron chi connectivity index (χ0n) is 31.7. The van der Waals surface area contributed by atoms with E-state index in [-0.39, 0.29) is 21.1 Å². The number of ether oxygens (including phenoxy) is 1. The van der Waals surface area contributed by atoms with Crippen LogP contribution in [0.4, 0.5) is 0 Å². The molecule has 0 aliphatic carbocycles. The van der Waals surface area contributed by atoms with Gasteiger partial charge in [-0.1, -0.05) is 89.8 Å². The molecule has 5 aromatic heterocycles. The minimum atomic E-state index is 0. The average Bonchev–Trinajstić information content (AvgIpc) is 4.06. The van der Waals surface area contributed by atoms with Crippen molar-refractivity contribution in [3.63, 3.8) is 0 Å². The van der Waals surface area contributed by atoms with Gasteiger partial charge in [-0.3, -0.25) is 4.57 Å². The van der Waals surface area contributed by atoms with Crippen LogP contribution in [0.1, 0.15) is 0 Å². The molecule has 0 saturated carbocycles. The number of imidazole rings is 1. The first-order valence-electron chi connectivity index (χ1n) is 19.3. The first-order valence-corrected chi connectivity index (χ1v) is 19.3. The van der Waals surface area contributed by atoms with Crippen molar-refractivity contribution < 1.29 is 30.4 Å². The number of hydrogen-bond donors (Lipinski definition) is 0. The smallest absolute Gasteiger partial charge is 0.267 e. The summed E-state index contributed by atoms with van der Waals surface area (Å²) in [5, 5.41) is 7.04. The van der Waals surface area contributed by atoms with E-state index >= 15 is 0 Å². The molecule has 0 aliphatic heterocycles. The molecule has 0 fully saturated rings. The van der Waals surface area contributed by atoms with Crippen molar-refractivity contribution in [3.05, 3.63) is 195 Å². The van der Waals surface area contributed by atoms with Crippen LogP contribution in [0.5, 0.6) is 11.5 Å². The van der Waals surface area contributed by atoms with E-state index in [0.29, 0.717) is 11.5 Å². The Bertz CT molecular complexity index is 3550. The number of aryl methyl sites for hydroxylation is 1. The molecule has 12 rings (SSSR count). The Morgan fingerprint density at radius 3 is 1.98 bits per heavy atom. The van der Waals surface area contributed by atoms with Gasteiger partial charge in [0.2, 0.25) is 0 Å². The van der Waals surface area contributed by atoms with Crippen molar-refractivity contribution in [1.82, 2.24) is 23.3 Å². The maximum atomic E-state index is 6.63. The fraction of sp³-hybridized carbons (Fsp3) is 0.0196. The summed E-state index contributed by atoms with van der Waals surface area (Å²) in [4.78, 5) is 4.98. The summed E-state index contributed by atoms with van der Waals surface area (Å²) in [6.07, 6.45) is 9.20. The molecular formula is C51H32N6OPt-2. The second-order valence-electron chi connectivity index (χ2n) is 14.5. The molecule has 0 amide bonds. The van der Waals surface area contributed by atoms with Crippen molar-refractivity contribution >= 4 is 65.4 Å². The number of fused-ring (bicyclic) bond motifs is 12. The summed E-state index contributed by atoms with van der Waals surface area (Å²) in [5.41, 5.74) is 9.44. The van der Waals surface area contributed by atoms with Crippen molar-refractivity contribution in [3.8, 4) is 34.4 Å². The van der Waals surface area contributed by atoms with Gasteiger partial charge in [0.05, 0.1) is 22.2 Å². The summed E-state index contributed by atoms with van der Waals surface area (Å²) < 4.78 is 17.5. The predicted octanol–water partition coefficient (Wildman–Crippen LogP) is 11.2. The van der Waals surface area contributed by atoms with E-state index in [2.05, 4.69) is 142 Å². The van der Waals surface area contributed by atoms with Crippen molar-refractivity contribution in [1.29, 1.82) is 0 Å². The largest absolute Gasteiger partial charge is 0.510 e. The molecular weight excluding hydrogens is 908 g/mol. The molecule has 0 N–H and O–H groups in total. The molecule has 0 radical (unpaired) electrons. The summed E-state index contributed by atoms with van der Waals surface area (Å²) in [5.74, 6) is 1.94. The third-order valence-corrected chi connectivity index (χ3v) is 11.3. The van der Waals surface area contributed by atoms with Crippen molar-refractivity contribution in [2.75, 3.05) is 0 Å². The fourth-order valence-corrected chi connectivity index (χ4v) is 8.87. The zero-order chi connectivity index (χ0) is 38.3. The summed E-state index contributed by atoms with van der Waals surface area (Å²) in [6.45, 7) is 0. The van der Waals surface area contributed by atoms with E-state index in [1.54, 1.807) is 0 Å². The van der Waals surface area contributed by atoms with Crippen LogP contribution in [0.25, 0.3) is 88.3 Å². The molecule has 284 valence electrons. The van der Waals surface area contributed by atoms with Gasteiger partial charge in [-0.2, -0.15) is 18.2 Å². The van der Waals surface area contributed by atoms with Gasteiger partial charge in [0.25, 0.3) is 6.33 Å². The van der Waals surface area contributed by atoms with Gasteiger partial charge >= 0.3 is 0 Å². The van der Waals surface area contributed by atoms with Crippen molar-refractivity contribution in [2.24, 2.45) is 7.05 Å². The molecule has 12 aromatic rings. The second-order valence-corrected chi connectivity index (χ2v) is 14.5. The second kappa shape index (κ2) is 13.7. The third kappa shape index (κ3) is 5.32. The minimum absolute atomic E-state index is 0. The van der Waals surface area contributed by atoms with Gasteiger partial charge in [-0.05, 0) is 59.6 Å². The van der Waals surface area contributed by atoms with Gasteiger partial charge in [-0.25, -0.2) is 4.98 Å². The average molecular weight is 940 g/mol. The number of pyridine rings is 1. The number of benzene rings is 7. The predicted molar refractivity (Wildman–Crippen MR) is 231 cm³/mol. The number of para-hydroxylation sites is 4. The standard InChI is InChI=1S/C51H32N6O.Pt/c1-53-42-23-10-8-21-39(42)46-47-40-22-9-11-24-43(40)56(35-17-6-3-7-18-35)50(47)51-48(49(46)53)41-27-26-38(32-44(41)57(51)45-25-12-13-28-52-45)58-37-20-14-19-36(31-37)55-30-29-54(33-55)34-15-4-2-5-16-34;/h2-30H,1H3;/q-2;. The van der Waals surface area contributed by atoms with Crippen LogP contribution >= 0.6 is 0 Å². The van der Waals surface area contributed by atoms with Gasteiger partial charge in [0.1, 0.15) is 5.82 Å². The Morgan fingerprint density at radius 1 is 0.542 bits per heavy atom. The van der Waals surface area contributed by atoms with Crippen LogP contribution in [-0.2, 0) is 28.1 Å². The summed E-state index contributed by atoms with van der Waals surface area (Å²) in [6, 6.07) is 61.7. The molecule has 0 aliphatic rings. The van der Waals surface area contributed by atoms with Gasteiger partial charge < -0.3 is 23.0 Å². The number of hydrogen-bond acceptors (Lipinski definition) is 2. The molecule has 0 atom stereocenters. The molecule has 0 unspecified atom stereocenters. The molecule has 7 aromatic carbocycles. The van der Waals surface area contributed by atoms with E-state index in [1.165, 1.54) is 27.1 Å². The Kier molecular flexibility index (Phi) is 8.14. The number of aromatic nitrogens is 6. The Balaban J connectivity index is 0.00000397. The van der Waals surface area contributed by atoms with E-state index in [4.69, 9.17) is 9.72 Å². The van der Waals surface area contributed by atoms with Crippen LogP contribution in [0.2, 0.25) is 0 Å². The zero-order valence-corrected chi connectivity index (χ0v) is 33.9. The topological polar surface area (TPSA) is 45.7 Å².